The van der Waals surface area contributed by atoms with E-state index in [1.165, 1.54) is 23.9 Å². The van der Waals surface area contributed by atoms with Gasteiger partial charge in [-0.15, -0.1) is 11.8 Å². The number of aliphatic hydroxyl groups excluding tert-OH is 1. The lowest BCUT2D eigenvalue weighted by Gasteiger charge is -2.14. The summed E-state index contributed by atoms with van der Waals surface area (Å²) in [6.07, 6.45) is 1.33. The molecular formula is C13H17N3O4S. The lowest BCUT2D eigenvalue weighted by atomic mass is 10.1. The molecule has 8 heteroatoms. The largest absolute Gasteiger partial charge is 0.391 e. The van der Waals surface area contributed by atoms with Crippen molar-refractivity contribution in [3.8, 4) is 0 Å². The first-order chi connectivity index (χ1) is 10.0. The van der Waals surface area contributed by atoms with Crippen LogP contribution in [-0.2, 0) is 0 Å². The summed E-state index contributed by atoms with van der Waals surface area (Å²) in [7, 11) is 0. The molecule has 2 atom stereocenters. The third kappa shape index (κ3) is 3.72. The molecule has 1 aliphatic rings. The molecule has 2 rings (SSSR count). The van der Waals surface area contributed by atoms with Gasteiger partial charge in [-0.1, -0.05) is 0 Å². The van der Waals surface area contributed by atoms with Crippen LogP contribution in [0, 0.1) is 16.0 Å². The molecule has 1 amide bonds. The molecule has 2 unspecified atom stereocenters. The first kappa shape index (κ1) is 15.7. The van der Waals surface area contributed by atoms with Crippen molar-refractivity contribution in [3.63, 3.8) is 0 Å². The number of hydrogen-bond acceptors (Lipinski definition) is 6. The second kappa shape index (κ2) is 6.88. The molecule has 1 aromatic carbocycles. The van der Waals surface area contributed by atoms with Crippen LogP contribution in [0.3, 0.4) is 0 Å². The fourth-order valence-corrected chi connectivity index (χ4v) is 2.67. The Morgan fingerprint density at radius 3 is 2.90 bits per heavy atom. The third-order valence-corrected chi connectivity index (χ3v) is 4.20. The molecular weight excluding hydrogens is 294 g/mol. The minimum Gasteiger partial charge on any atom is -0.391 e. The highest BCUT2D eigenvalue weighted by molar-refractivity contribution is 7.98. The second-order valence-corrected chi connectivity index (χ2v) is 5.72. The molecule has 0 aromatic heterocycles. The number of aliphatic hydroxyl groups is 1. The van der Waals surface area contributed by atoms with Gasteiger partial charge in [-0.2, -0.15) is 0 Å². The first-order valence-corrected chi connectivity index (χ1v) is 7.74. The van der Waals surface area contributed by atoms with Crippen LogP contribution >= 0.6 is 11.8 Å². The number of hydrogen-bond donors (Lipinski definition) is 3. The van der Waals surface area contributed by atoms with E-state index in [2.05, 4.69) is 10.6 Å². The maximum atomic E-state index is 12.2. The van der Waals surface area contributed by atoms with E-state index >= 15 is 0 Å². The van der Waals surface area contributed by atoms with Gasteiger partial charge in [0.05, 0.1) is 11.0 Å². The molecule has 114 valence electrons. The summed E-state index contributed by atoms with van der Waals surface area (Å²) in [6, 6.07) is 4.47. The molecule has 1 fully saturated rings. The first-order valence-electron chi connectivity index (χ1n) is 6.52. The number of nitrogens with zero attached hydrogens (tertiary/aromatic N) is 1. The zero-order chi connectivity index (χ0) is 15.4. The second-order valence-electron chi connectivity index (χ2n) is 4.84. The number of β-amino-alcohol motifs (C(OH)–C–C–N with tert-alkyl or cyclic N) is 1. The number of carbonyl (C=O) groups is 1. The van der Waals surface area contributed by atoms with Gasteiger partial charge < -0.3 is 15.7 Å². The smallest absolute Gasteiger partial charge is 0.282 e. The van der Waals surface area contributed by atoms with Crippen molar-refractivity contribution >= 4 is 23.4 Å². The number of nitro benzene ring substituents is 1. The van der Waals surface area contributed by atoms with Gasteiger partial charge >= 0.3 is 0 Å². The number of thioether (sulfide) groups is 1. The maximum absolute atomic E-state index is 12.2. The van der Waals surface area contributed by atoms with Crippen molar-refractivity contribution in [1.82, 2.24) is 10.6 Å². The Balaban J connectivity index is 2.11. The molecule has 21 heavy (non-hydrogen) atoms. The molecule has 0 radical (unpaired) electrons. The zero-order valence-electron chi connectivity index (χ0n) is 11.5. The summed E-state index contributed by atoms with van der Waals surface area (Å²) >= 11 is 1.41. The van der Waals surface area contributed by atoms with Gasteiger partial charge in [0.2, 0.25) is 0 Å². The summed E-state index contributed by atoms with van der Waals surface area (Å²) in [4.78, 5) is 23.4. The Bertz CT molecular complexity index is 552. The Kier molecular flexibility index (Phi) is 5.16. The maximum Gasteiger partial charge on any atom is 0.282 e. The van der Waals surface area contributed by atoms with E-state index in [1.54, 1.807) is 6.07 Å². The number of amides is 1. The normalized spacial score (nSPS) is 21.2. The topological polar surface area (TPSA) is 104 Å². The summed E-state index contributed by atoms with van der Waals surface area (Å²) in [5.74, 6) is -0.562. The number of benzene rings is 1. The van der Waals surface area contributed by atoms with Gasteiger partial charge in [0.15, 0.2) is 0 Å². The van der Waals surface area contributed by atoms with Crippen molar-refractivity contribution in [2.75, 3.05) is 25.9 Å². The van der Waals surface area contributed by atoms with Gasteiger partial charge in [-0.3, -0.25) is 14.9 Å². The van der Waals surface area contributed by atoms with Crippen LogP contribution in [0.15, 0.2) is 23.1 Å². The van der Waals surface area contributed by atoms with E-state index in [-0.39, 0.29) is 23.7 Å². The number of carbonyl (C=O) groups excluding carboxylic acids is 1. The fraction of sp³-hybridized carbons (Fsp3) is 0.462. The van der Waals surface area contributed by atoms with Gasteiger partial charge in [0, 0.05) is 36.5 Å². The summed E-state index contributed by atoms with van der Waals surface area (Å²) in [6.45, 7) is 1.41. The van der Waals surface area contributed by atoms with Crippen molar-refractivity contribution in [1.29, 1.82) is 0 Å². The summed E-state index contributed by atoms with van der Waals surface area (Å²) in [5, 5.41) is 26.4. The average Bonchev–Trinajstić information content (AvgIpc) is 2.89. The predicted octanol–water partition coefficient (Wildman–Crippen LogP) is 0.627. The molecule has 1 aromatic rings. The Hall–Kier alpha value is -1.64. The number of nitrogens with one attached hydrogen (secondary N) is 2. The van der Waals surface area contributed by atoms with E-state index in [0.717, 1.165) is 4.90 Å². The Labute approximate surface area is 126 Å². The standard InChI is InChI=1S/C13H17N3O4S/c1-21-9-2-3-11(16(19)20)10(4-9)13(18)15-6-8-5-14-7-12(8)17/h2-4,8,12,14,17H,5-7H2,1H3,(H,15,18). The van der Waals surface area contributed by atoms with Crippen LogP contribution in [0.1, 0.15) is 10.4 Å². The molecule has 1 aliphatic heterocycles. The van der Waals surface area contributed by atoms with Crippen LogP contribution < -0.4 is 10.6 Å². The molecule has 7 nitrogen and oxygen atoms in total. The third-order valence-electron chi connectivity index (χ3n) is 3.47. The molecule has 1 saturated heterocycles. The highest BCUT2D eigenvalue weighted by atomic mass is 32.2. The van der Waals surface area contributed by atoms with Gasteiger partial charge in [0.1, 0.15) is 5.56 Å². The highest BCUT2D eigenvalue weighted by Crippen LogP contribution is 2.24. The molecule has 0 aliphatic carbocycles. The monoisotopic (exact) mass is 311 g/mol. The highest BCUT2D eigenvalue weighted by Gasteiger charge is 2.26. The quantitative estimate of drug-likeness (QED) is 0.418. The number of nitro groups is 1. The predicted molar refractivity (Wildman–Crippen MR) is 79.6 cm³/mol. The lowest BCUT2D eigenvalue weighted by Crippen LogP contribution is -2.34. The van der Waals surface area contributed by atoms with Crippen LogP contribution in [0.4, 0.5) is 5.69 Å². The molecule has 0 spiro atoms. The number of rotatable bonds is 5. The molecule has 0 saturated carbocycles. The van der Waals surface area contributed by atoms with Gasteiger partial charge in [-0.05, 0) is 18.4 Å². The van der Waals surface area contributed by atoms with Crippen LogP contribution in [0.5, 0.6) is 0 Å². The minimum atomic E-state index is -0.564. The van der Waals surface area contributed by atoms with Crippen molar-refractivity contribution in [3.05, 3.63) is 33.9 Å². The van der Waals surface area contributed by atoms with Crippen molar-refractivity contribution in [2.24, 2.45) is 5.92 Å². The summed E-state index contributed by atoms with van der Waals surface area (Å²) < 4.78 is 0. The molecule has 1 heterocycles. The zero-order valence-corrected chi connectivity index (χ0v) is 12.4. The van der Waals surface area contributed by atoms with Crippen LogP contribution in [0.25, 0.3) is 0 Å². The SMILES string of the molecule is CSc1ccc([N+](=O)[O-])c(C(=O)NCC2CNCC2O)c1. The lowest BCUT2D eigenvalue weighted by molar-refractivity contribution is -0.385. The minimum absolute atomic E-state index is 0.0484. The summed E-state index contributed by atoms with van der Waals surface area (Å²) in [5.41, 5.74) is -0.164. The molecule has 0 bridgehead atoms. The van der Waals surface area contributed by atoms with Crippen LogP contribution in [0.2, 0.25) is 0 Å². The van der Waals surface area contributed by atoms with E-state index in [1.807, 2.05) is 6.26 Å². The van der Waals surface area contributed by atoms with E-state index in [0.29, 0.717) is 13.1 Å². The van der Waals surface area contributed by atoms with Gasteiger partial charge in [-0.25, -0.2) is 0 Å². The van der Waals surface area contributed by atoms with E-state index in [9.17, 15) is 20.0 Å². The average molecular weight is 311 g/mol. The van der Waals surface area contributed by atoms with Gasteiger partial charge in [0.25, 0.3) is 11.6 Å². The Morgan fingerprint density at radius 2 is 2.33 bits per heavy atom. The van der Waals surface area contributed by atoms with Crippen LogP contribution in [-0.4, -0.2) is 47.9 Å². The van der Waals surface area contributed by atoms with E-state index < -0.39 is 16.9 Å². The van der Waals surface area contributed by atoms with Crippen molar-refractivity contribution < 1.29 is 14.8 Å². The van der Waals surface area contributed by atoms with Crippen molar-refractivity contribution in [2.45, 2.75) is 11.0 Å². The van der Waals surface area contributed by atoms with E-state index in [4.69, 9.17) is 0 Å². The Morgan fingerprint density at radius 1 is 1.57 bits per heavy atom. The molecule has 3 N–H and O–H groups in total. The fourth-order valence-electron chi connectivity index (χ4n) is 2.23.